The highest BCUT2D eigenvalue weighted by atomic mass is 16.5. The Hall–Kier alpha value is -3.86. The topological polar surface area (TPSA) is 66.0 Å². The zero-order valence-electron chi connectivity index (χ0n) is 15.1. The molecule has 0 aliphatic rings. The Labute approximate surface area is 162 Å². The first-order valence-electron chi connectivity index (χ1n) is 9.09. The van der Waals surface area contributed by atoms with Gasteiger partial charge in [0.2, 0.25) is 0 Å². The monoisotopic (exact) mass is 366 g/mol. The molecule has 136 valence electrons. The molecule has 2 aromatic heterocycles. The van der Waals surface area contributed by atoms with Crippen LogP contribution in [0.4, 0.5) is 5.82 Å². The van der Waals surface area contributed by atoms with Crippen LogP contribution >= 0.6 is 0 Å². The molecule has 0 saturated heterocycles. The van der Waals surface area contributed by atoms with E-state index in [-0.39, 0.29) is 0 Å². The molecule has 0 spiro atoms. The lowest BCUT2D eigenvalue weighted by molar-refractivity contribution is 0.309. The molecule has 2 heterocycles. The third-order valence-corrected chi connectivity index (χ3v) is 4.74. The van der Waals surface area contributed by atoms with Crippen LogP contribution in [0.25, 0.3) is 27.5 Å². The summed E-state index contributed by atoms with van der Waals surface area (Å²) in [6, 6.07) is 25.9. The van der Waals surface area contributed by atoms with Gasteiger partial charge in [0.15, 0.2) is 5.82 Å². The fourth-order valence-electron chi connectivity index (χ4n) is 3.35. The lowest BCUT2D eigenvalue weighted by Crippen LogP contribution is -1.99. The summed E-state index contributed by atoms with van der Waals surface area (Å²) >= 11 is 0. The number of nitrogen functional groups attached to an aromatic ring is 1. The minimum absolute atomic E-state index is 0.396. The van der Waals surface area contributed by atoms with E-state index >= 15 is 0 Å². The van der Waals surface area contributed by atoms with Gasteiger partial charge >= 0.3 is 0 Å². The Morgan fingerprint density at radius 2 is 1.54 bits per heavy atom. The maximum Gasteiger partial charge on any atom is 0.152 e. The van der Waals surface area contributed by atoms with Gasteiger partial charge in [0, 0.05) is 17.0 Å². The molecule has 5 nitrogen and oxygen atoms in total. The molecule has 5 heteroatoms. The van der Waals surface area contributed by atoms with Gasteiger partial charge in [0.05, 0.1) is 5.69 Å². The molecule has 0 fully saturated rings. The van der Waals surface area contributed by atoms with Crippen LogP contribution in [-0.4, -0.2) is 14.8 Å². The van der Waals surface area contributed by atoms with Crippen molar-refractivity contribution in [1.29, 1.82) is 0 Å². The highest BCUT2D eigenvalue weighted by molar-refractivity contribution is 6.09. The second-order valence-electron chi connectivity index (χ2n) is 6.60. The Morgan fingerprint density at radius 3 is 2.32 bits per heavy atom. The average Bonchev–Trinajstić information content (AvgIpc) is 3.20. The first-order chi connectivity index (χ1) is 13.8. The SMILES string of the molecule is Nc1nc2c(OCc3ccccc3)cccc2c2cn(-c3ccccc3)nc12. The highest BCUT2D eigenvalue weighted by Gasteiger charge is 2.14. The van der Waals surface area contributed by atoms with Crippen LogP contribution in [0.15, 0.2) is 85.1 Å². The standard InChI is InChI=1S/C23H18N4O/c24-23-22-19(14-27(26-22)17-10-5-2-6-11-17)18-12-7-13-20(21(18)25-23)28-15-16-8-3-1-4-9-16/h1-14H,15H2,(H2,24,25). The van der Waals surface area contributed by atoms with Crippen LogP contribution in [0.2, 0.25) is 0 Å². The van der Waals surface area contributed by atoms with E-state index < -0.39 is 0 Å². The van der Waals surface area contributed by atoms with Gasteiger partial charge in [-0.15, -0.1) is 0 Å². The molecule has 0 aliphatic carbocycles. The molecular weight excluding hydrogens is 348 g/mol. The van der Waals surface area contributed by atoms with E-state index in [0.717, 1.165) is 27.5 Å². The smallest absolute Gasteiger partial charge is 0.152 e. The molecule has 5 rings (SSSR count). The van der Waals surface area contributed by atoms with E-state index in [9.17, 15) is 0 Å². The number of aromatic nitrogens is 3. The predicted octanol–water partition coefficient (Wildman–Crippen LogP) is 4.73. The number of fused-ring (bicyclic) bond motifs is 3. The van der Waals surface area contributed by atoms with E-state index in [2.05, 4.69) is 10.1 Å². The summed E-state index contributed by atoms with van der Waals surface area (Å²) in [4.78, 5) is 4.60. The van der Waals surface area contributed by atoms with Crippen LogP contribution in [0, 0.1) is 0 Å². The van der Waals surface area contributed by atoms with E-state index in [1.54, 1.807) is 0 Å². The Balaban J connectivity index is 1.61. The van der Waals surface area contributed by atoms with Gasteiger partial charge in [-0.25, -0.2) is 9.67 Å². The van der Waals surface area contributed by atoms with Crippen molar-refractivity contribution in [1.82, 2.24) is 14.8 Å². The van der Waals surface area contributed by atoms with Gasteiger partial charge < -0.3 is 10.5 Å². The van der Waals surface area contributed by atoms with E-state index in [0.29, 0.717) is 23.7 Å². The third-order valence-electron chi connectivity index (χ3n) is 4.74. The number of nitrogens with two attached hydrogens (primary N) is 1. The number of para-hydroxylation sites is 2. The summed E-state index contributed by atoms with van der Waals surface area (Å²) in [5, 5.41) is 6.57. The van der Waals surface area contributed by atoms with Gasteiger partial charge in [0.1, 0.15) is 23.4 Å². The molecule has 28 heavy (non-hydrogen) atoms. The highest BCUT2D eigenvalue weighted by Crippen LogP contribution is 2.33. The molecule has 0 amide bonds. The molecule has 5 aromatic rings. The summed E-state index contributed by atoms with van der Waals surface area (Å²) in [7, 11) is 0. The van der Waals surface area contributed by atoms with Crippen molar-refractivity contribution in [2.45, 2.75) is 6.61 Å². The van der Waals surface area contributed by atoms with Gasteiger partial charge in [-0.1, -0.05) is 60.7 Å². The quantitative estimate of drug-likeness (QED) is 0.499. The molecule has 0 bridgehead atoms. The van der Waals surface area contributed by atoms with Gasteiger partial charge in [-0.3, -0.25) is 0 Å². The summed E-state index contributed by atoms with van der Waals surface area (Å²) in [6.45, 7) is 0.475. The number of ether oxygens (including phenoxy) is 1. The van der Waals surface area contributed by atoms with Crippen molar-refractivity contribution in [3.05, 3.63) is 90.6 Å². The summed E-state index contributed by atoms with van der Waals surface area (Å²) < 4.78 is 7.89. The molecule has 0 atom stereocenters. The van der Waals surface area contributed by atoms with E-state index in [1.807, 2.05) is 89.7 Å². The molecular formula is C23H18N4O. The number of nitrogens with zero attached hydrogens (tertiary/aromatic N) is 3. The van der Waals surface area contributed by atoms with Gasteiger partial charge in [-0.05, 0) is 23.8 Å². The zero-order valence-corrected chi connectivity index (χ0v) is 15.1. The fourth-order valence-corrected chi connectivity index (χ4v) is 3.35. The molecule has 0 unspecified atom stereocenters. The van der Waals surface area contributed by atoms with Crippen LogP contribution in [0.1, 0.15) is 5.56 Å². The Bertz CT molecular complexity index is 1260. The Kier molecular flexibility index (Phi) is 3.91. The van der Waals surface area contributed by atoms with Crippen molar-refractivity contribution >= 4 is 27.6 Å². The molecule has 0 aliphatic heterocycles. The largest absolute Gasteiger partial charge is 0.487 e. The molecule has 2 N–H and O–H groups in total. The second kappa shape index (κ2) is 6.70. The average molecular weight is 366 g/mol. The minimum Gasteiger partial charge on any atom is -0.487 e. The second-order valence-corrected chi connectivity index (χ2v) is 6.60. The van der Waals surface area contributed by atoms with Crippen LogP contribution < -0.4 is 10.5 Å². The third kappa shape index (κ3) is 2.83. The van der Waals surface area contributed by atoms with Gasteiger partial charge in [-0.2, -0.15) is 5.10 Å². The predicted molar refractivity (Wildman–Crippen MR) is 112 cm³/mol. The van der Waals surface area contributed by atoms with E-state index in [4.69, 9.17) is 10.5 Å². The first kappa shape index (κ1) is 16.3. The number of hydrogen-bond donors (Lipinski definition) is 1. The fraction of sp³-hybridized carbons (Fsp3) is 0.0435. The summed E-state index contributed by atoms with van der Waals surface area (Å²) in [5.74, 6) is 1.11. The van der Waals surface area contributed by atoms with Crippen molar-refractivity contribution in [2.24, 2.45) is 0 Å². The van der Waals surface area contributed by atoms with Gasteiger partial charge in [0.25, 0.3) is 0 Å². The maximum absolute atomic E-state index is 6.25. The molecule has 0 saturated carbocycles. The number of benzene rings is 3. The normalized spacial score (nSPS) is 11.1. The maximum atomic E-state index is 6.25. The lowest BCUT2D eigenvalue weighted by atomic mass is 10.1. The summed E-state index contributed by atoms with van der Waals surface area (Å²) in [5.41, 5.74) is 9.76. The van der Waals surface area contributed by atoms with Crippen molar-refractivity contribution in [3.8, 4) is 11.4 Å². The van der Waals surface area contributed by atoms with E-state index in [1.165, 1.54) is 0 Å². The molecule has 0 radical (unpaired) electrons. The minimum atomic E-state index is 0.396. The van der Waals surface area contributed by atoms with Crippen molar-refractivity contribution < 1.29 is 4.74 Å². The first-order valence-corrected chi connectivity index (χ1v) is 9.09. The Morgan fingerprint density at radius 1 is 0.786 bits per heavy atom. The number of rotatable bonds is 4. The van der Waals surface area contributed by atoms with Crippen molar-refractivity contribution in [3.63, 3.8) is 0 Å². The van der Waals surface area contributed by atoms with Crippen LogP contribution in [0.5, 0.6) is 5.75 Å². The lowest BCUT2D eigenvalue weighted by Gasteiger charge is -2.10. The number of hydrogen-bond acceptors (Lipinski definition) is 4. The number of anilines is 1. The van der Waals surface area contributed by atoms with Crippen LogP contribution in [0.3, 0.4) is 0 Å². The van der Waals surface area contributed by atoms with Crippen molar-refractivity contribution in [2.75, 3.05) is 5.73 Å². The molecule has 3 aromatic carbocycles. The number of pyridine rings is 1. The van der Waals surface area contributed by atoms with Crippen LogP contribution in [-0.2, 0) is 6.61 Å². The zero-order chi connectivity index (χ0) is 18.9. The summed E-state index contributed by atoms with van der Waals surface area (Å²) in [6.07, 6.45) is 1.99.